The molecule has 0 radical (unpaired) electrons. The van der Waals surface area contributed by atoms with Crippen LogP contribution < -0.4 is 11.1 Å². The largest absolute Gasteiger partial charge is 0.392 e. The zero-order valence-corrected chi connectivity index (χ0v) is 22.5. The van der Waals surface area contributed by atoms with E-state index in [2.05, 4.69) is 23.5 Å². The van der Waals surface area contributed by atoms with Gasteiger partial charge in [-0.05, 0) is 65.6 Å². The van der Waals surface area contributed by atoms with Crippen molar-refractivity contribution in [2.24, 2.45) is 5.73 Å². The van der Waals surface area contributed by atoms with Crippen LogP contribution in [0.1, 0.15) is 42.5 Å². The van der Waals surface area contributed by atoms with Crippen LogP contribution in [-0.2, 0) is 35.7 Å². The Morgan fingerprint density at radius 2 is 1.84 bits per heavy atom. The minimum absolute atomic E-state index is 0.0215. The molecule has 2 amide bonds. The molecule has 3 aromatic rings. The average Bonchev–Trinajstić information content (AvgIpc) is 2.99. The van der Waals surface area contributed by atoms with Crippen molar-refractivity contribution in [1.82, 2.24) is 10.2 Å². The molecule has 0 saturated carbocycles. The van der Waals surface area contributed by atoms with Gasteiger partial charge in [-0.15, -0.1) is 11.8 Å². The lowest BCUT2D eigenvalue weighted by atomic mass is 9.99. The van der Waals surface area contributed by atoms with Gasteiger partial charge in [0.15, 0.2) is 0 Å². The molecule has 6 nitrogen and oxygen atoms in total. The maximum atomic E-state index is 13.7. The third-order valence-electron chi connectivity index (χ3n) is 6.59. The number of carbonyl (C=O) groups is 2. The summed E-state index contributed by atoms with van der Waals surface area (Å²) >= 11 is 1.66. The highest BCUT2D eigenvalue weighted by Gasteiger charge is 2.32. The fraction of sp³-hybridized carbons (Fsp3) is 0.333. The zero-order chi connectivity index (χ0) is 26.6. The maximum absolute atomic E-state index is 13.7. The van der Waals surface area contributed by atoms with Crippen LogP contribution in [0.5, 0.6) is 0 Å². The van der Waals surface area contributed by atoms with E-state index in [1.165, 1.54) is 0 Å². The van der Waals surface area contributed by atoms with Crippen molar-refractivity contribution < 1.29 is 14.7 Å². The lowest BCUT2D eigenvalue weighted by Gasteiger charge is -2.26. The van der Waals surface area contributed by atoms with E-state index in [4.69, 9.17) is 5.73 Å². The van der Waals surface area contributed by atoms with Gasteiger partial charge in [0.05, 0.1) is 6.61 Å². The summed E-state index contributed by atoms with van der Waals surface area (Å²) in [5.74, 6) is -0.318. The predicted molar refractivity (Wildman–Crippen MR) is 149 cm³/mol. The molecule has 0 fully saturated rings. The number of rotatable bonds is 8. The monoisotopic (exact) mass is 517 g/mol. The Morgan fingerprint density at radius 3 is 2.51 bits per heavy atom. The molecule has 1 aliphatic heterocycles. The molecule has 0 saturated heterocycles. The first-order valence-electron chi connectivity index (χ1n) is 12.5. The molecular weight excluding hydrogens is 482 g/mol. The standard InChI is InChI=1S/C30H35N3O3S/c1-30(2,31)16-28(35)32-27-15-24-14-25(37-3)13-12-22(24)18-33(29(27)36)17-20-8-10-21(11-9-20)26-7-5-4-6-23(26)19-34/h4-14,27,34H,15-19,31H2,1-3H3,(H,32,35)/t27-/m1/s1. The third kappa shape index (κ3) is 6.80. The molecule has 4 N–H and O–H groups in total. The Hall–Kier alpha value is -3.13. The van der Waals surface area contributed by atoms with E-state index in [-0.39, 0.29) is 24.8 Å². The molecule has 4 rings (SSSR count). The number of nitrogens with zero attached hydrogens (tertiary/aromatic N) is 1. The number of fused-ring (bicyclic) bond motifs is 1. The molecule has 0 bridgehead atoms. The number of amides is 2. The second-order valence-corrected chi connectivity index (χ2v) is 11.2. The van der Waals surface area contributed by atoms with Gasteiger partial charge in [0, 0.05) is 36.4 Å². The van der Waals surface area contributed by atoms with Crippen LogP contribution in [0.15, 0.2) is 71.6 Å². The molecule has 0 unspecified atom stereocenters. The van der Waals surface area contributed by atoms with Gasteiger partial charge in [0.2, 0.25) is 11.8 Å². The SMILES string of the molecule is CSc1ccc2c(c1)C[C@@H](NC(=O)CC(C)(C)N)C(=O)N(Cc1ccc(-c3ccccc3CO)cc1)C2. The summed E-state index contributed by atoms with van der Waals surface area (Å²) < 4.78 is 0. The highest BCUT2D eigenvalue weighted by atomic mass is 32.2. The number of nitrogens with one attached hydrogen (secondary N) is 1. The first kappa shape index (κ1) is 26.9. The van der Waals surface area contributed by atoms with Gasteiger partial charge in [-0.25, -0.2) is 0 Å². The van der Waals surface area contributed by atoms with Gasteiger partial charge in [-0.1, -0.05) is 54.6 Å². The smallest absolute Gasteiger partial charge is 0.246 e. The van der Waals surface area contributed by atoms with E-state index >= 15 is 0 Å². The second-order valence-electron chi connectivity index (χ2n) is 10.3. The van der Waals surface area contributed by atoms with Crippen LogP contribution in [0.3, 0.4) is 0 Å². The quantitative estimate of drug-likeness (QED) is 0.388. The van der Waals surface area contributed by atoms with Crippen LogP contribution >= 0.6 is 11.8 Å². The summed E-state index contributed by atoms with van der Waals surface area (Å²) in [6.45, 7) is 4.49. The third-order valence-corrected chi connectivity index (χ3v) is 7.31. The van der Waals surface area contributed by atoms with Crippen molar-refractivity contribution in [2.75, 3.05) is 6.26 Å². The lowest BCUT2D eigenvalue weighted by molar-refractivity contribution is -0.137. The summed E-state index contributed by atoms with van der Waals surface area (Å²) in [6.07, 6.45) is 2.62. The van der Waals surface area contributed by atoms with Gasteiger partial charge in [-0.2, -0.15) is 0 Å². The Morgan fingerprint density at radius 1 is 1.11 bits per heavy atom. The normalized spacial score (nSPS) is 15.8. The van der Waals surface area contributed by atoms with Crippen molar-refractivity contribution in [3.05, 3.63) is 89.0 Å². The molecular formula is C30H35N3O3S. The lowest BCUT2D eigenvalue weighted by Crippen LogP contribution is -2.50. The van der Waals surface area contributed by atoms with E-state index in [1.54, 1.807) is 25.6 Å². The Bertz CT molecular complexity index is 1270. The van der Waals surface area contributed by atoms with E-state index in [1.807, 2.05) is 59.7 Å². The zero-order valence-electron chi connectivity index (χ0n) is 21.7. The molecule has 3 aromatic carbocycles. The predicted octanol–water partition coefficient (Wildman–Crippen LogP) is 4.26. The Kier molecular flexibility index (Phi) is 8.37. The van der Waals surface area contributed by atoms with E-state index in [9.17, 15) is 14.7 Å². The van der Waals surface area contributed by atoms with Crippen LogP contribution in [0.4, 0.5) is 0 Å². The van der Waals surface area contributed by atoms with Gasteiger partial charge in [0.1, 0.15) is 6.04 Å². The van der Waals surface area contributed by atoms with E-state index in [0.29, 0.717) is 19.5 Å². The number of nitrogens with two attached hydrogens (primary N) is 1. The molecule has 1 atom stereocenters. The molecule has 0 aliphatic carbocycles. The van der Waals surface area contributed by atoms with Crippen LogP contribution in [-0.4, -0.2) is 39.7 Å². The van der Waals surface area contributed by atoms with Crippen molar-refractivity contribution in [1.29, 1.82) is 0 Å². The fourth-order valence-electron chi connectivity index (χ4n) is 4.74. The molecule has 37 heavy (non-hydrogen) atoms. The number of aliphatic hydroxyl groups is 1. The van der Waals surface area contributed by atoms with Crippen LogP contribution in [0.2, 0.25) is 0 Å². The minimum Gasteiger partial charge on any atom is -0.392 e. The average molecular weight is 518 g/mol. The molecule has 7 heteroatoms. The molecule has 0 aromatic heterocycles. The first-order valence-corrected chi connectivity index (χ1v) is 13.7. The number of thioether (sulfide) groups is 1. The fourth-order valence-corrected chi connectivity index (χ4v) is 5.20. The summed E-state index contributed by atoms with van der Waals surface area (Å²) in [6, 6.07) is 21.5. The van der Waals surface area contributed by atoms with Crippen LogP contribution in [0.25, 0.3) is 11.1 Å². The Labute approximate surface area is 223 Å². The van der Waals surface area contributed by atoms with Crippen molar-refractivity contribution in [2.45, 2.75) is 62.9 Å². The first-order chi connectivity index (χ1) is 17.7. The molecule has 1 heterocycles. The number of hydrogen-bond donors (Lipinski definition) is 3. The highest BCUT2D eigenvalue weighted by molar-refractivity contribution is 7.98. The molecule has 1 aliphatic rings. The van der Waals surface area contributed by atoms with E-state index in [0.717, 1.165) is 38.3 Å². The maximum Gasteiger partial charge on any atom is 0.246 e. The number of benzene rings is 3. The van der Waals surface area contributed by atoms with Crippen molar-refractivity contribution >= 4 is 23.6 Å². The second kappa shape index (κ2) is 11.5. The summed E-state index contributed by atoms with van der Waals surface area (Å²) in [5, 5.41) is 12.6. The number of hydrogen-bond acceptors (Lipinski definition) is 5. The summed E-state index contributed by atoms with van der Waals surface area (Å²) in [4.78, 5) is 29.4. The molecule has 194 valence electrons. The molecule has 0 spiro atoms. The van der Waals surface area contributed by atoms with E-state index < -0.39 is 11.6 Å². The minimum atomic E-state index is -0.655. The number of carbonyl (C=O) groups excluding carboxylic acids is 2. The van der Waals surface area contributed by atoms with Gasteiger partial charge < -0.3 is 21.1 Å². The van der Waals surface area contributed by atoms with Crippen molar-refractivity contribution in [3.8, 4) is 11.1 Å². The highest BCUT2D eigenvalue weighted by Crippen LogP contribution is 2.28. The van der Waals surface area contributed by atoms with Gasteiger partial charge in [0.25, 0.3) is 0 Å². The van der Waals surface area contributed by atoms with Gasteiger partial charge >= 0.3 is 0 Å². The van der Waals surface area contributed by atoms with Gasteiger partial charge in [-0.3, -0.25) is 9.59 Å². The van der Waals surface area contributed by atoms with Crippen LogP contribution in [0, 0.1) is 0 Å². The summed E-state index contributed by atoms with van der Waals surface area (Å²) in [7, 11) is 0. The number of aliphatic hydroxyl groups excluding tert-OH is 1. The van der Waals surface area contributed by atoms with Crippen molar-refractivity contribution in [3.63, 3.8) is 0 Å². The topological polar surface area (TPSA) is 95.7 Å². The summed E-state index contributed by atoms with van der Waals surface area (Å²) in [5.41, 5.74) is 11.4. The Balaban J connectivity index is 1.59.